The molecule has 0 unspecified atom stereocenters. The second-order valence-corrected chi connectivity index (χ2v) is 7.50. The maximum Gasteiger partial charge on any atom is 0.241 e. The SMILES string of the molecule is C=NC(=N/C=C(\C)NC(=O)[C@@H](N)C(C1CC1)C1CC1)c1c(C)n[nH]c1C. The molecule has 0 aliphatic heterocycles. The number of nitrogens with zero attached hydrogens (tertiary/aromatic N) is 3. The van der Waals surface area contributed by atoms with Gasteiger partial charge in [0.05, 0.1) is 17.3 Å². The zero-order chi connectivity index (χ0) is 18.8. The van der Waals surface area contributed by atoms with Gasteiger partial charge in [0, 0.05) is 17.6 Å². The standard InChI is InChI=1S/C19H28N6O/c1-10(9-22-18(21-4)15-11(2)24-25-12(15)3)23-19(26)17(20)16(13-5-6-13)14-7-8-14/h9,13-14,16-17H,4-8,20H2,1-3H3,(H,23,26)(H,24,25)/b10-9+,22-18?/t17-/m0/s1. The molecule has 1 atom stereocenters. The van der Waals surface area contributed by atoms with Crippen LogP contribution in [0.2, 0.25) is 0 Å². The first-order valence-electron chi connectivity index (χ1n) is 9.22. The van der Waals surface area contributed by atoms with Crippen molar-refractivity contribution in [2.75, 3.05) is 0 Å². The number of carbonyl (C=O) groups is 1. The van der Waals surface area contributed by atoms with Crippen molar-refractivity contribution < 1.29 is 4.79 Å². The van der Waals surface area contributed by atoms with Gasteiger partial charge in [0.25, 0.3) is 0 Å². The Morgan fingerprint density at radius 1 is 1.35 bits per heavy atom. The van der Waals surface area contributed by atoms with Gasteiger partial charge < -0.3 is 11.1 Å². The van der Waals surface area contributed by atoms with Gasteiger partial charge in [-0.15, -0.1) is 0 Å². The molecule has 2 aliphatic rings. The van der Waals surface area contributed by atoms with Crippen LogP contribution in [0.1, 0.15) is 49.6 Å². The Morgan fingerprint density at radius 3 is 2.42 bits per heavy atom. The lowest BCUT2D eigenvalue weighted by Crippen LogP contribution is -2.46. The van der Waals surface area contributed by atoms with E-state index < -0.39 is 6.04 Å². The van der Waals surface area contributed by atoms with Gasteiger partial charge in [0.1, 0.15) is 0 Å². The fraction of sp³-hybridized carbons (Fsp3) is 0.579. The number of aliphatic imine (C=N–C) groups is 2. The molecule has 26 heavy (non-hydrogen) atoms. The molecule has 0 bridgehead atoms. The van der Waals surface area contributed by atoms with Crippen LogP contribution in [-0.4, -0.2) is 34.7 Å². The van der Waals surface area contributed by atoms with E-state index in [1.807, 2.05) is 13.8 Å². The van der Waals surface area contributed by atoms with E-state index in [1.54, 1.807) is 13.1 Å². The van der Waals surface area contributed by atoms with Crippen LogP contribution in [-0.2, 0) is 4.79 Å². The van der Waals surface area contributed by atoms with Crippen LogP contribution < -0.4 is 11.1 Å². The Kier molecular flexibility index (Phi) is 5.36. The molecule has 2 aliphatic carbocycles. The molecule has 7 nitrogen and oxygen atoms in total. The highest BCUT2D eigenvalue weighted by atomic mass is 16.2. The molecule has 2 fully saturated rings. The van der Waals surface area contributed by atoms with Gasteiger partial charge in [-0.05, 0) is 70.9 Å². The highest BCUT2D eigenvalue weighted by molar-refractivity contribution is 6.03. The molecule has 3 rings (SSSR count). The Labute approximate surface area is 154 Å². The van der Waals surface area contributed by atoms with Gasteiger partial charge in [-0.2, -0.15) is 5.10 Å². The quantitative estimate of drug-likeness (QED) is 0.515. The number of aromatic amines is 1. The van der Waals surface area contributed by atoms with Gasteiger partial charge in [-0.3, -0.25) is 9.89 Å². The number of aryl methyl sites for hydroxylation is 2. The van der Waals surface area contributed by atoms with Crippen molar-refractivity contribution in [3.63, 3.8) is 0 Å². The zero-order valence-electron chi connectivity index (χ0n) is 15.7. The number of nitrogens with one attached hydrogen (secondary N) is 2. The molecule has 140 valence electrons. The summed E-state index contributed by atoms with van der Waals surface area (Å²) in [6, 6.07) is -0.447. The molecule has 1 aromatic heterocycles. The number of nitrogens with two attached hydrogens (primary N) is 1. The molecule has 0 spiro atoms. The van der Waals surface area contributed by atoms with Gasteiger partial charge in [-0.1, -0.05) is 0 Å². The molecular weight excluding hydrogens is 328 g/mol. The van der Waals surface area contributed by atoms with Crippen LogP contribution in [0.3, 0.4) is 0 Å². The topological polar surface area (TPSA) is 109 Å². The predicted octanol–water partition coefficient (Wildman–Crippen LogP) is 2.21. The van der Waals surface area contributed by atoms with E-state index >= 15 is 0 Å². The highest BCUT2D eigenvalue weighted by Gasteiger charge is 2.46. The van der Waals surface area contributed by atoms with Gasteiger partial charge in [0.2, 0.25) is 5.91 Å². The van der Waals surface area contributed by atoms with Crippen molar-refractivity contribution >= 4 is 18.5 Å². The number of amidine groups is 1. The smallest absolute Gasteiger partial charge is 0.241 e. The summed E-state index contributed by atoms with van der Waals surface area (Å²) in [6.07, 6.45) is 6.42. The number of hydrogen-bond donors (Lipinski definition) is 3. The summed E-state index contributed by atoms with van der Waals surface area (Å²) in [4.78, 5) is 20.9. The lowest BCUT2D eigenvalue weighted by Gasteiger charge is -2.22. The summed E-state index contributed by atoms with van der Waals surface area (Å²) in [6.45, 7) is 9.17. The van der Waals surface area contributed by atoms with E-state index in [1.165, 1.54) is 25.7 Å². The Hall–Kier alpha value is -2.28. The molecular formula is C19H28N6O. The lowest BCUT2D eigenvalue weighted by atomic mass is 9.89. The van der Waals surface area contributed by atoms with E-state index in [0.717, 1.165) is 17.0 Å². The van der Waals surface area contributed by atoms with E-state index in [0.29, 0.717) is 29.3 Å². The normalized spacial score (nSPS) is 19.6. The second-order valence-electron chi connectivity index (χ2n) is 7.50. The summed E-state index contributed by atoms with van der Waals surface area (Å²) in [5.74, 6) is 1.94. The molecule has 0 radical (unpaired) electrons. The third kappa shape index (κ3) is 4.09. The first-order chi connectivity index (χ1) is 12.4. The number of aromatic nitrogens is 2. The Bertz CT molecular complexity index is 723. The number of amides is 1. The monoisotopic (exact) mass is 356 g/mol. The first-order valence-corrected chi connectivity index (χ1v) is 9.22. The fourth-order valence-electron chi connectivity index (χ4n) is 3.64. The number of carbonyl (C=O) groups excluding carboxylic acids is 1. The molecule has 7 heteroatoms. The molecule has 1 aromatic rings. The summed E-state index contributed by atoms with van der Waals surface area (Å²) >= 11 is 0. The van der Waals surface area contributed by atoms with E-state index in [4.69, 9.17) is 5.73 Å². The summed E-state index contributed by atoms with van der Waals surface area (Å²) in [5, 5.41) is 9.94. The average molecular weight is 356 g/mol. The van der Waals surface area contributed by atoms with Crippen LogP contribution in [0.4, 0.5) is 0 Å². The molecule has 0 saturated heterocycles. The Balaban J connectivity index is 1.67. The second kappa shape index (κ2) is 7.53. The minimum Gasteiger partial charge on any atom is -0.327 e. The fourth-order valence-corrected chi connectivity index (χ4v) is 3.64. The maximum atomic E-state index is 12.5. The minimum absolute atomic E-state index is 0.124. The van der Waals surface area contributed by atoms with Crippen molar-refractivity contribution in [3.05, 3.63) is 28.8 Å². The molecule has 0 aromatic carbocycles. The number of rotatable bonds is 7. The summed E-state index contributed by atoms with van der Waals surface area (Å²) in [7, 11) is 0. The van der Waals surface area contributed by atoms with Crippen molar-refractivity contribution in [2.24, 2.45) is 33.5 Å². The van der Waals surface area contributed by atoms with Crippen LogP contribution in [0, 0.1) is 31.6 Å². The average Bonchev–Trinajstić information content (AvgIpc) is 3.51. The van der Waals surface area contributed by atoms with Gasteiger partial charge >= 0.3 is 0 Å². The van der Waals surface area contributed by atoms with Crippen molar-refractivity contribution in [3.8, 4) is 0 Å². The molecule has 4 N–H and O–H groups in total. The van der Waals surface area contributed by atoms with Gasteiger partial charge in [0.15, 0.2) is 5.84 Å². The summed E-state index contributed by atoms with van der Waals surface area (Å²) < 4.78 is 0. The highest BCUT2D eigenvalue weighted by Crippen LogP contribution is 2.50. The van der Waals surface area contributed by atoms with E-state index in [2.05, 4.69) is 32.2 Å². The van der Waals surface area contributed by atoms with Crippen molar-refractivity contribution in [2.45, 2.75) is 52.5 Å². The van der Waals surface area contributed by atoms with Crippen LogP contribution in [0.5, 0.6) is 0 Å². The Morgan fingerprint density at radius 2 is 1.96 bits per heavy atom. The predicted molar refractivity (Wildman–Crippen MR) is 103 cm³/mol. The first kappa shape index (κ1) is 18.5. The van der Waals surface area contributed by atoms with Crippen molar-refractivity contribution in [1.82, 2.24) is 15.5 Å². The lowest BCUT2D eigenvalue weighted by molar-refractivity contribution is -0.123. The number of allylic oxidation sites excluding steroid dienone is 1. The minimum atomic E-state index is -0.447. The van der Waals surface area contributed by atoms with E-state index in [-0.39, 0.29) is 5.91 Å². The largest absolute Gasteiger partial charge is 0.327 e. The molecule has 1 amide bonds. The van der Waals surface area contributed by atoms with Crippen LogP contribution >= 0.6 is 0 Å². The number of H-pyrrole nitrogens is 1. The zero-order valence-corrected chi connectivity index (χ0v) is 15.7. The third-order valence-corrected chi connectivity index (χ3v) is 5.25. The van der Waals surface area contributed by atoms with E-state index in [9.17, 15) is 4.79 Å². The molecule has 1 heterocycles. The van der Waals surface area contributed by atoms with Crippen molar-refractivity contribution in [1.29, 1.82) is 0 Å². The van der Waals surface area contributed by atoms with Gasteiger partial charge in [-0.25, -0.2) is 9.98 Å². The number of hydrogen-bond acceptors (Lipinski definition) is 4. The summed E-state index contributed by atoms with van der Waals surface area (Å²) in [5.41, 5.74) is 9.42. The van der Waals surface area contributed by atoms with Crippen LogP contribution in [0.25, 0.3) is 0 Å². The third-order valence-electron chi connectivity index (χ3n) is 5.25. The maximum absolute atomic E-state index is 12.5. The molecule has 2 saturated carbocycles. The van der Waals surface area contributed by atoms with Crippen LogP contribution in [0.15, 0.2) is 21.9 Å².